The molecule has 1 aromatic rings. The van der Waals surface area contributed by atoms with Gasteiger partial charge in [0.1, 0.15) is 0 Å². The number of hydrogen-bond donors (Lipinski definition) is 0. The van der Waals surface area contributed by atoms with Gasteiger partial charge in [-0.2, -0.15) is 0 Å². The van der Waals surface area contributed by atoms with E-state index in [-0.39, 0.29) is 0 Å². The smallest absolute Gasteiger partial charge is 0.0678 e. The van der Waals surface area contributed by atoms with Crippen molar-refractivity contribution in [1.29, 1.82) is 0 Å². The molecule has 110 valence electrons. The van der Waals surface area contributed by atoms with Crippen molar-refractivity contribution in [1.82, 2.24) is 4.90 Å². The molecule has 20 heavy (non-hydrogen) atoms. The number of rotatable bonds is 2. The van der Waals surface area contributed by atoms with Crippen LogP contribution in [0.25, 0.3) is 0 Å². The van der Waals surface area contributed by atoms with Gasteiger partial charge in [0.25, 0.3) is 0 Å². The first-order valence-corrected chi connectivity index (χ1v) is 8.17. The summed E-state index contributed by atoms with van der Waals surface area (Å²) in [6.45, 7) is 6.65. The van der Waals surface area contributed by atoms with E-state index in [2.05, 4.69) is 49.1 Å². The lowest BCUT2D eigenvalue weighted by atomic mass is 9.81. The Morgan fingerprint density at radius 2 is 1.50 bits per heavy atom. The summed E-state index contributed by atoms with van der Waals surface area (Å²) in [7, 11) is 0. The van der Waals surface area contributed by atoms with Crippen LogP contribution in [0, 0.1) is 0 Å². The maximum atomic E-state index is 5.86. The molecule has 0 spiro atoms. The molecule has 0 amide bonds. The molecule has 2 aliphatic rings. The Kier molecular flexibility index (Phi) is 4.42. The number of ether oxygens (including phenoxy) is 1. The largest absolute Gasteiger partial charge is 0.373 e. The van der Waals surface area contributed by atoms with E-state index in [1.54, 1.807) is 0 Å². The van der Waals surface area contributed by atoms with Gasteiger partial charge in [-0.25, -0.2) is 0 Å². The second-order valence-corrected chi connectivity index (χ2v) is 6.63. The SMILES string of the molecule is C[C@@H]1CN(C2CCC(c3ccccc3)CC2)C[C@H](C)O1. The molecule has 1 saturated heterocycles. The normalized spacial score (nSPS) is 35.9. The van der Waals surface area contributed by atoms with Crippen LogP contribution in [0.3, 0.4) is 0 Å². The zero-order chi connectivity index (χ0) is 13.9. The van der Waals surface area contributed by atoms with Gasteiger partial charge >= 0.3 is 0 Å². The summed E-state index contributed by atoms with van der Waals surface area (Å²) in [5, 5.41) is 0. The van der Waals surface area contributed by atoms with E-state index in [0.29, 0.717) is 12.2 Å². The van der Waals surface area contributed by atoms with Gasteiger partial charge in [-0.3, -0.25) is 4.90 Å². The summed E-state index contributed by atoms with van der Waals surface area (Å²) in [5.41, 5.74) is 1.54. The third-order valence-electron chi connectivity index (χ3n) is 4.93. The Morgan fingerprint density at radius 1 is 0.900 bits per heavy atom. The molecule has 1 heterocycles. The molecule has 2 atom stereocenters. The van der Waals surface area contributed by atoms with E-state index in [1.165, 1.54) is 31.2 Å². The average Bonchev–Trinajstić information content (AvgIpc) is 2.47. The number of nitrogens with zero attached hydrogens (tertiary/aromatic N) is 1. The average molecular weight is 273 g/mol. The third kappa shape index (κ3) is 3.24. The molecule has 0 aromatic heterocycles. The van der Waals surface area contributed by atoms with Crippen molar-refractivity contribution >= 4 is 0 Å². The van der Waals surface area contributed by atoms with Crippen molar-refractivity contribution in [2.75, 3.05) is 13.1 Å². The molecule has 0 N–H and O–H groups in total. The highest BCUT2D eigenvalue weighted by atomic mass is 16.5. The van der Waals surface area contributed by atoms with Crippen molar-refractivity contribution < 1.29 is 4.74 Å². The van der Waals surface area contributed by atoms with Crippen LogP contribution in [0.5, 0.6) is 0 Å². The maximum Gasteiger partial charge on any atom is 0.0678 e. The fraction of sp³-hybridized carbons (Fsp3) is 0.667. The molecule has 1 aliphatic carbocycles. The minimum absolute atomic E-state index is 0.394. The van der Waals surface area contributed by atoms with E-state index in [9.17, 15) is 0 Å². The predicted molar refractivity (Wildman–Crippen MR) is 83.0 cm³/mol. The van der Waals surface area contributed by atoms with Crippen LogP contribution in [0.2, 0.25) is 0 Å². The zero-order valence-corrected chi connectivity index (χ0v) is 12.8. The Morgan fingerprint density at radius 3 is 2.10 bits per heavy atom. The molecule has 2 heteroatoms. The fourth-order valence-corrected chi connectivity index (χ4v) is 4.02. The van der Waals surface area contributed by atoms with E-state index >= 15 is 0 Å². The van der Waals surface area contributed by atoms with Crippen LogP contribution in [0.1, 0.15) is 51.0 Å². The molecule has 0 unspecified atom stereocenters. The Bertz CT molecular complexity index is 401. The van der Waals surface area contributed by atoms with Gasteiger partial charge < -0.3 is 4.74 Å². The van der Waals surface area contributed by atoms with E-state index in [0.717, 1.165) is 25.0 Å². The van der Waals surface area contributed by atoms with Crippen molar-refractivity contribution in [2.45, 2.75) is 63.7 Å². The predicted octanol–water partition coefficient (Wildman–Crippen LogP) is 3.82. The second-order valence-electron chi connectivity index (χ2n) is 6.63. The topological polar surface area (TPSA) is 12.5 Å². The summed E-state index contributed by atoms with van der Waals surface area (Å²) in [6, 6.07) is 11.8. The first kappa shape index (κ1) is 14.1. The van der Waals surface area contributed by atoms with Crippen LogP contribution in [0.15, 0.2) is 30.3 Å². The van der Waals surface area contributed by atoms with Crippen molar-refractivity contribution in [3.8, 4) is 0 Å². The Balaban J connectivity index is 1.56. The van der Waals surface area contributed by atoms with Crippen molar-refractivity contribution in [3.05, 3.63) is 35.9 Å². The number of hydrogen-bond acceptors (Lipinski definition) is 2. The fourth-order valence-electron chi connectivity index (χ4n) is 4.02. The van der Waals surface area contributed by atoms with Gasteiger partial charge in [0.2, 0.25) is 0 Å². The summed E-state index contributed by atoms with van der Waals surface area (Å²) in [4.78, 5) is 2.68. The zero-order valence-electron chi connectivity index (χ0n) is 12.8. The first-order chi connectivity index (χ1) is 9.72. The highest BCUT2D eigenvalue weighted by molar-refractivity contribution is 5.20. The quantitative estimate of drug-likeness (QED) is 0.812. The van der Waals surface area contributed by atoms with Crippen molar-refractivity contribution in [3.63, 3.8) is 0 Å². The molecule has 1 saturated carbocycles. The van der Waals surface area contributed by atoms with Crippen LogP contribution < -0.4 is 0 Å². The van der Waals surface area contributed by atoms with E-state index < -0.39 is 0 Å². The van der Waals surface area contributed by atoms with Crippen LogP contribution in [-0.4, -0.2) is 36.2 Å². The minimum Gasteiger partial charge on any atom is -0.373 e. The lowest BCUT2D eigenvalue weighted by Crippen LogP contribution is -2.50. The molecule has 2 nitrogen and oxygen atoms in total. The van der Waals surface area contributed by atoms with Gasteiger partial charge in [0, 0.05) is 19.1 Å². The molecule has 1 aromatic carbocycles. The maximum absolute atomic E-state index is 5.86. The summed E-state index contributed by atoms with van der Waals surface area (Å²) < 4.78 is 5.86. The summed E-state index contributed by atoms with van der Waals surface area (Å²) >= 11 is 0. The first-order valence-electron chi connectivity index (χ1n) is 8.17. The van der Waals surface area contributed by atoms with Crippen molar-refractivity contribution in [2.24, 2.45) is 0 Å². The van der Waals surface area contributed by atoms with Crippen LogP contribution in [-0.2, 0) is 4.74 Å². The Hall–Kier alpha value is -0.860. The van der Waals surface area contributed by atoms with Gasteiger partial charge in [0.15, 0.2) is 0 Å². The van der Waals surface area contributed by atoms with Crippen LogP contribution in [0.4, 0.5) is 0 Å². The highest BCUT2D eigenvalue weighted by Crippen LogP contribution is 2.35. The lowest BCUT2D eigenvalue weighted by Gasteiger charge is -2.43. The van der Waals surface area contributed by atoms with E-state index in [4.69, 9.17) is 4.74 Å². The molecule has 3 rings (SSSR count). The van der Waals surface area contributed by atoms with Gasteiger partial charge in [-0.15, -0.1) is 0 Å². The minimum atomic E-state index is 0.394. The molecular formula is C18H27NO. The van der Waals surface area contributed by atoms with E-state index in [1.807, 2.05) is 0 Å². The standard InChI is InChI=1S/C18H27NO/c1-14-12-19(13-15(2)20-14)18-10-8-17(9-11-18)16-6-4-3-5-7-16/h3-7,14-15,17-18H,8-13H2,1-2H3/t14-,15+,17?,18?. The molecule has 1 aliphatic heterocycles. The van der Waals surface area contributed by atoms with Gasteiger partial charge in [-0.05, 0) is 51.0 Å². The van der Waals surface area contributed by atoms with Crippen LogP contribution >= 0.6 is 0 Å². The third-order valence-corrected chi connectivity index (χ3v) is 4.93. The highest BCUT2D eigenvalue weighted by Gasteiger charge is 2.31. The van der Waals surface area contributed by atoms with Gasteiger partial charge in [0.05, 0.1) is 12.2 Å². The molecule has 2 fully saturated rings. The number of benzene rings is 1. The summed E-state index contributed by atoms with van der Waals surface area (Å²) in [5.74, 6) is 0.781. The molecule has 0 radical (unpaired) electrons. The monoisotopic (exact) mass is 273 g/mol. The molecule has 0 bridgehead atoms. The Labute approximate surface area is 123 Å². The molecular weight excluding hydrogens is 246 g/mol. The second kappa shape index (κ2) is 6.28. The van der Waals surface area contributed by atoms with Gasteiger partial charge in [-0.1, -0.05) is 30.3 Å². The summed E-state index contributed by atoms with van der Waals surface area (Å²) in [6.07, 6.45) is 6.16. The lowest BCUT2D eigenvalue weighted by molar-refractivity contribution is -0.0844. The number of morpholine rings is 1.